The Bertz CT molecular complexity index is 340. The van der Waals surface area contributed by atoms with Crippen LogP contribution in [0.15, 0.2) is 14.3 Å². The first-order valence-corrected chi connectivity index (χ1v) is 7.99. The third kappa shape index (κ3) is 3.67. The van der Waals surface area contributed by atoms with Gasteiger partial charge in [-0.1, -0.05) is 26.7 Å². The smallest absolute Gasteiger partial charge is 0.175 e. The third-order valence-electron chi connectivity index (χ3n) is 2.66. The van der Waals surface area contributed by atoms with Crippen molar-refractivity contribution < 1.29 is 4.79 Å². The molecule has 1 rings (SSSR count). The van der Waals surface area contributed by atoms with Crippen LogP contribution in [-0.2, 0) is 0 Å². The molecule has 0 N–H and O–H groups in total. The van der Waals surface area contributed by atoms with E-state index in [0.717, 1.165) is 38.8 Å². The van der Waals surface area contributed by atoms with Crippen LogP contribution in [0.2, 0.25) is 0 Å². The molecule has 0 saturated carbocycles. The highest BCUT2D eigenvalue weighted by Gasteiger charge is 2.20. The topological polar surface area (TPSA) is 17.1 Å². The van der Waals surface area contributed by atoms with E-state index in [1.807, 2.05) is 6.07 Å². The zero-order valence-corrected chi connectivity index (χ0v) is 13.5. The number of rotatable bonds is 6. The number of hydrogen-bond acceptors (Lipinski definition) is 2. The molecule has 1 aromatic rings. The minimum absolute atomic E-state index is 0.192. The Morgan fingerprint density at radius 3 is 2.56 bits per heavy atom. The lowest BCUT2D eigenvalue weighted by atomic mass is 9.94. The maximum Gasteiger partial charge on any atom is 0.175 e. The number of carbonyl (C=O) groups excluding carboxylic acids is 1. The van der Waals surface area contributed by atoms with E-state index in [0.29, 0.717) is 5.78 Å². The second-order valence-electron chi connectivity index (χ2n) is 3.84. The molecule has 1 unspecified atom stereocenters. The van der Waals surface area contributed by atoms with Gasteiger partial charge in [0.15, 0.2) is 5.78 Å². The highest BCUT2D eigenvalue weighted by Crippen LogP contribution is 2.34. The number of thiophene rings is 1. The number of carbonyl (C=O) groups is 1. The van der Waals surface area contributed by atoms with Crippen molar-refractivity contribution in [2.24, 2.45) is 5.92 Å². The second-order valence-corrected chi connectivity index (χ2v) is 7.07. The summed E-state index contributed by atoms with van der Waals surface area (Å²) in [4.78, 5) is 13.1. The van der Waals surface area contributed by atoms with Gasteiger partial charge in [-0.15, -0.1) is 11.3 Å². The monoisotopic (exact) mass is 366 g/mol. The van der Waals surface area contributed by atoms with Crippen LogP contribution < -0.4 is 0 Å². The van der Waals surface area contributed by atoms with Gasteiger partial charge in [0.25, 0.3) is 0 Å². The quantitative estimate of drug-likeness (QED) is 0.591. The zero-order valence-electron chi connectivity index (χ0n) is 9.56. The molecule has 0 aliphatic heterocycles. The van der Waals surface area contributed by atoms with E-state index in [-0.39, 0.29) is 5.92 Å². The molecule has 16 heavy (non-hydrogen) atoms. The first-order chi connectivity index (χ1) is 7.60. The number of hydrogen-bond donors (Lipinski definition) is 0. The van der Waals surface area contributed by atoms with Crippen molar-refractivity contribution in [1.82, 2.24) is 0 Å². The van der Waals surface area contributed by atoms with Gasteiger partial charge >= 0.3 is 0 Å². The van der Waals surface area contributed by atoms with Gasteiger partial charge in [-0.2, -0.15) is 0 Å². The van der Waals surface area contributed by atoms with Gasteiger partial charge in [0.2, 0.25) is 0 Å². The largest absolute Gasteiger partial charge is 0.293 e. The maximum absolute atomic E-state index is 12.2. The van der Waals surface area contributed by atoms with Crippen molar-refractivity contribution in [3.05, 3.63) is 19.2 Å². The molecule has 0 fully saturated rings. The molecule has 90 valence electrons. The Labute approximate surface area is 118 Å². The van der Waals surface area contributed by atoms with E-state index >= 15 is 0 Å². The van der Waals surface area contributed by atoms with Gasteiger partial charge < -0.3 is 0 Å². The molecule has 0 bridgehead atoms. The molecule has 0 amide bonds. The average Bonchev–Trinajstić information content (AvgIpc) is 2.60. The Balaban J connectivity index is 2.74. The molecule has 0 radical (unpaired) electrons. The molecule has 0 saturated heterocycles. The fourth-order valence-corrected chi connectivity index (χ4v) is 3.69. The fourth-order valence-electron chi connectivity index (χ4n) is 1.64. The summed E-state index contributed by atoms with van der Waals surface area (Å²) < 4.78 is 1.98. The highest BCUT2D eigenvalue weighted by molar-refractivity contribution is 9.13. The van der Waals surface area contributed by atoms with Gasteiger partial charge in [0.05, 0.1) is 8.66 Å². The Kier molecular flexibility index (Phi) is 6.22. The van der Waals surface area contributed by atoms with Gasteiger partial charge in [-0.3, -0.25) is 4.79 Å². The average molecular weight is 368 g/mol. The summed E-state index contributed by atoms with van der Waals surface area (Å²) in [7, 11) is 0. The van der Waals surface area contributed by atoms with Crippen LogP contribution in [0.25, 0.3) is 0 Å². The van der Waals surface area contributed by atoms with Gasteiger partial charge in [-0.05, 0) is 50.8 Å². The normalized spacial score (nSPS) is 12.8. The van der Waals surface area contributed by atoms with Crippen LogP contribution in [0, 0.1) is 5.92 Å². The predicted octanol–water partition coefficient (Wildman–Crippen LogP) is 5.67. The van der Waals surface area contributed by atoms with Crippen LogP contribution >= 0.6 is 43.2 Å². The Morgan fingerprint density at radius 2 is 2.12 bits per heavy atom. The summed E-state index contributed by atoms with van der Waals surface area (Å²) in [5.41, 5.74) is 0. The molecular weight excluding hydrogens is 352 g/mol. The molecule has 0 spiro atoms. The van der Waals surface area contributed by atoms with Gasteiger partial charge in [0, 0.05) is 10.4 Å². The second kappa shape index (κ2) is 6.92. The first kappa shape index (κ1) is 14.4. The van der Waals surface area contributed by atoms with Crippen molar-refractivity contribution in [2.75, 3.05) is 0 Å². The molecule has 1 atom stereocenters. The standard InChI is InChI=1S/C12H16Br2OS/c1-3-5-6-8(4-2)11(15)10-7-9(13)12(14)16-10/h7-8H,3-6H2,1-2H3. The van der Waals surface area contributed by atoms with E-state index < -0.39 is 0 Å². The van der Waals surface area contributed by atoms with Crippen molar-refractivity contribution in [3.8, 4) is 0 Å². The Hall–Kier alpha value is 0.330. The highest BCUT2D eigenvalue weighted by atomic mass is 79.9. The van der Waals surface area contributed by atoms with Crippen molar-refractivity contribution in [2.45, 2.75) is 39.5 Å². The number of halogens is 2. The molecule has 0 aliphatic carbocycles. The lowest BCUT2D eigenvalue weighted by Crippen LogP contribution is -2.12. The van der Waals surface area contributed by atoms with Crippen LogP contribution in [0.1, 0.15) is 49.2 Å². The van der Waals surface area contributed by atoms with E-state index in [1.165, 1.54) is 11.3 Å². The summed E-state index contributed by atoms with van der Waals surface area (Å²) in [5.74, 6) is 0.491. The summed E-state index contributed by atoms with van der Waals surface area (Å²) in [6.07, 6.45) is 4.24. The molecule has 0 aliphatic rings. The van der Waals surface area contributed by atoms with Crippen molar-refractivity contribution in [1.29, 1.82) is 0 Å². The van der Waals surface area contributed by atoms with Crippen molar-refractivity contribution in [3.63, 3.8) is 0 Å². The molecule has 0 aromatic carbocycles. The van der Waals surface area contributed by atoms with Crippen LogP contribution in [-0.4, -0.2) is 5.78 Å². The summed E-state index contributed by atoms with van der Waals surface area (Å²) in [6.45, 7) is 4.26. The van der Waals surface area contributed by atoms with E-state index in [4.69, 9.17) is 0 Å². The molecule has 4 heteroatoms. The van der Waals surface area contributed by atoms with E-state index in [2.05, 4.69) is 45.7 Å². The molecule has 1 heterocycles. The van der Waals surface area contributed by atoms with E-state index in [9.17, 15) is 4.79 Å². The summed E-state index contributed by atoms with van der Waals surface area (Å²) in [5, 5.41) is 0. The number of Topliss-reactive ketones (excluding diaryl/α,β-unsaturated/α-hetero) is 1. The lowest BCUT2D eigenvalue weighted by Gasteiger charge is -2.11. The van der Waals surface area contributed by atoms with Gasteiger partial charge in [0.1, 0.15) is 0 Å². The SMILES string of the molecule is CCCCC(CC)C(=O)c1cc(Br)c(Br)s1. The van der Waals surface area contributed by atoms with Crippen molar-refractivity contribution >= 4 is 49.0 Å². The predicted molar refractivity (Wildman–Crippen MR) is 77.4 cm³/mol. The lowest BCUT2D eigenvalue weighted by molar-refractivity contribution is 0.0912. The summed E-state index contributed by atoms with van der Waals surface area (Å²) >= 11 is 8.37. The Morgan fingerprint density at radius 1 is 1.44 bits per heavy atom. The summed E-state index contributed by atoms with van der Waals surface area (Å²) in [6, 6.07) is 1.92. The minimum atomic E-state index is 0.192. The fraction of sp³-hybridized carbons (Fsp3) is 0.583. The minimum Gasteiger partial charge on any atom is -0.293 e. The van der Waals surface area contributed by atoms with Crippen LogP contribution in [0.3, 0.4) is 0 Å². The third-order valence-corrected chi connectivity index (χ3v) is 5.93. The zero-order chi connectivity index (χ0) is 12.1. The van der Waals surface area contributed by atoms with Gasteiger partial charge in [-0.25, -0.2) is 0 Å². The molecule has 1 aromatic heterocycles. The van der Waals surface area contributed by atoms with E-state index in [1.54, 1.807) is 0 Å². The molecular formula is C12H16Br2OS. The number of ketones is 1. The number of unbranched alkanes of at least 4 members (excludes halogenated alkanes) is 1. The maximum atomic E-state index is 12.2. The molecule has 1 nitrogen and oxygen atoms in total. The van der Waals surface area contributed by atoms with Crippen LogP contribution in [0.4, 0.5) is 0 Å². The van der Waals surface area contributed by atoms with Crippen LogP contribution in [0.5, 0.6) is 0 Å². The first-order valence-electron chi connectivity index (χ1n) is 5.59.